The van der Waals surface area contributed by atoms with Crippen molar-refractivity contribution in [3.63, 3.8) is 0 Å². The van der Waals surface area contributed by atoms with Gasteiger partial charge in [0.2, 0.25) is 0 Å². The van der Waals surface area contributed by atoms with Gasteiger partial charge in [0, 0.05) is 11.8 Å². The number of nitrogen functional groups attached to an aromatic ring is 1. The average Bonchev–Trinajstić information content (AvgIpc) is 2.39. The molecule has 4 nitrogen and oxygen atoms in total. The van der Waals surface area contributed by atoms with E-state index in [0.29, 0.717) is 11.4 Å². The molecule has 2 aromatic rings. The zero-order chi connectivity index (χ0) is 15.6. The van der Waals surface area contributed by atoms with Gasteiger partial charge in [-0.25, -0.2) is 4.98 Å². The minimum absolute atomic E-state index is 0.00620. The first-order valence-electron chi connectivity index (χ1n) is 5.75. The van der Waals surface area contributed by atoms with Crippen molar-refractivity contribution in [2.24, 2.45) is 0 Å². The number of anilines is 3. The van der Waals surface area contributed by atoms with Crippen LogP contribution in [-0.2, 0) is 6.18 Å². The van der Waals surface area contributed by atoms with Crippen LogP contribution in [-0.4, -0.2) is 12.1 Å². The Labute approximate surface area is 127 Å². The summed E-state index contributed by atoms with van der Waals surface area (Å²) in [5, 5.41) is 2.77. The Morgan fingerprint density at radius 1 is 1.24 bits per heavy atom. The second kappa shape index (κ2) is 5.80. The quantitative estimate of drug-likeness (QED) is 0.859. The Hall–Kier alpha value is -1.96. The molecule has 0 saturated carbocycles. The summed E-state index contributed by atoms with van der Waals surface area (Å²) in [7, 11) is 1.49. The van der Waals surface area contributed by atoms with Crippen LogP contribution in [0.5, 0.6) is 5.75 Å². The number of aromatic nitrogens is 1. The number of ether oxygens (including phenoxy) is 1. The van der Waals surface area contributed by atoms with Gasteiger partial charge in [-0.15, -0.1) is 0 Å². The molecule has 0 spiro atoms. The molecule has 3 N–H and O–H groups in total. The minimum Gasteiger partial charge on any atom is -0.495 e. The Kier molecular flexibility index (Phi) is 4.26. The number of rotatable bonds is 3. The van der Waals surface area contributed by atoms with E-state index in [9.17, 15) is 13.2 Å². The van der Waals surface area contributed by atoms with Gasteiger partial charge in [0.25, 0.3) is 0 Å². The number of benzene rings is 1. The molecular weight excluding hydrogens is 351 g/mol. The normalized spacial score (nSPS) is 11.3. The Balaban J connectivity index is 2.33. The van der Waals surface area contributed by atoms with Gasteiger partial charge in [-0.05, 0) is 40.2 Å². The maximum atomic E-state index is 12.7. The number of nitrogens with one attached hydrogen (secondary N) is 1. The van der Waals surface area contributed by atoms with Crippen LogP contribution in [0.3, 0.4) is 0 Å². The lowest BCUT2D eigenvalue weighted by atomic mass is 10.2. The molecule has 0 radical (unpaired) electrons. The molecule has 0 aliphatic rings. The highest BCUT2D eigenvalue weighted by Gasteiger charge is 2.31. The van der Waals surface area contributed by atoms with Gasteiger partial charge in [-0.1, -0.05) is 0 Å². The minimum atomic E-state index is -4.48. The van der Waals surface area contributed by atoms with Crippen LogP contribution in [0.4, 0.5) is 30.5 Å². The standard InChI is InChI=1S/C13H11BrF3N3O/c1-21-10-6-8(2-3-9(10)14)19-12-5-7(13(15,16)17)4-11(18)20-12/h2-6H,1H3,(H3,18,19,20). The third-order valence-electron chi connectivity index (χ3n) is 2.60. The molecular formula is C13H11BrF3N3O. The summed E-state index contributed by atoms with van der Waals surface area (Å²) in [5.74, 6) is 0.336. The molecule has 1 heterocycles. The third kappa shape index (κ3) is 3.78. The van der Waals surface area contributed by atoms with E-state index in [4.69, 9.17) is 10.5 Å². The number of methoxy groups -OCH3 is 1. The van der Waals surface area contributed by atoms with E-state index in [-0.39, 0.29) is 11.6 Å². The van der Waals surface area contributed by atoms with Crippen molar-refractivity contribution in [1.82, 2.24) is 4.98 Å². The highest BCUT2D eigenvalue weighted by molar-refractivity contribution is 9.10. The molecule has 0 saturated heterocycles. The largest absolute Gasteiger partial charge is 0.495 e. The summed E-state index contributed by atoms with van der Waals surface area (Å²) in [6, 6.07) is 6.68. The number of nitrogens with two attached hydrogens (primary N) is 1. The van der Waals surface area contributed by atoms with Crippen molar-refractivity contribution in [3.8, 4) is 5.75 Å². The molecule has 112 valence electrons. The summed E-state index contributed by atoms with van der Waals surface area (Å²) in [6.07, 6.45) is -4.48. The second-order valence-electron chi connectivity index (χ2n) is 4.14. The van der Waals surface area contributed by atoms with Gasteiger partial charge in [-0.2, -0.15) is 13.2 Å². The van der Waals surface area contributed by atoms with Crippen molar-refractivity contribution in [3.05, 3.63) is 40.4 Å². The molecule has 21 heavy (non-hydrogen) atoms. The predicted molar refractivity (Wildman–Crippen MR) is 77.6 cm³/mol. The highest BCUT2D eigenvalue weighted by atomic mass is 79.9. The maximum Gasteiger partial charge on any atom is 0.416 e. The van der Waals surface area contributed by atoms with Crippen LogP contribution in [0.1, 0.15) is 5.56 Å². The lowest BCUT2D eigenvalue weighted by molar-refractivity contribution is -0.137. The fraction of sp³-hybridized carbons (Fsp3) is 0.154. The van der Waals surface area contributed by atoms with E-state index in [1.165, 1.54) is 7.11 Å². The number of alkyl halides is 3. The predicted octanol–water partition coefficient (Wildman–Crippen LogP) is 4.20. The SMILES string of the molecule is COc1cc(Nc2cc(C(F)(F)F)cc(N)n2)ccc1Br. The Morgan fingerprint density at radius 2 is 1.95 bits per heavy atom. The fourth-order valence-corrected chi connectivity index (χ4v) is 2.07. The van der Waals surface area contributed by atoms with Crippen molar-refractivity contribution in [2.75, 3.05) is 18.2 Å². The smallest absolute Gasteiger partial charge is 0.416 e. The molecule has 0 fully saturated rings. The van der Waals surface area contributed by atoms with Crippen LogP contribution >= 0.6 is 15.9 Å². The first-order valence-corrected chi connectivity index (χ1v) is 6.54. The zero-order valence-electron chi connectivity index (χ0n) is 10.8. The van der Waals surface area contributed by atoms with E-state index in [0.717, 1.165) is 16.6 Å². The van der Waals surface area contributed by atoms with Gasteiger partial charge in [0.15, 0.2) is 0 Å². The average molecular weight is 362 g/mol. The lowest BCUT2D eigenvalue weighted by Crippen LogP contribution is -2.08. The Bertz CT molecular complexity index is 662. The van der Waals surface area contributed by atoms with Gasteiger partial charge in [0.05, 0.1) is 17.1 Å². The van der Waals surface area contributed by atoms with Crippen LogP contribution in [0, 0.1) is 0 Å². The molecule has 0 unspecified atom stereocenters. The molecule has 0 bridgehead atoms. The molecule has 0 aliphatic carbocycles. The summed E-state index contributed by atoms with van der Waals surface area (Å²) in [4.78, 5) is 3.83. The van der Waals surface area contributed by atoms with Crippen LogP contribution in [0.25, 0.3) is 0 Å². The molecule has 2 rings (SSSR count). The molecule has 8 heteroatoms. The first-order chi connectivity index (χ1) is 9.79. The first kappa shape index (κ1) is 15.4. The maximum absolute atomic E-state index is 12.7. The summed E-state index contributed by atoms with van der Waals surface area (Å²) in [6.45, 7) is 0. The topological polar surface area (TPSA) is 60.2 Å². The van der Waals surface area contributed by atoms with E-state index in [1.807, 2.05) is 0 Å². The monoisotopic (exact) mass is 361 g/mol. The number of halogens is 4. The van der Waals surface area contributed by atoms with Gasteiger partial charge < -0.3 is 15.8 Å². The Morgan fingerprint density at radius 3 is 2.57 bits per heavy atom. The molecule has 1 aromatic heterocycles. The van der Waals surface area contributed by atoms with Crippen molar-refractivity contribution in [1.29, 1.82) is 0 Å². The zero-order valence-corrected chi connectivity index (χ0v) is 12.4. The summed E-state index contributed by atoms with van der Waals surface area (Å²) in [5.41, 5.74) is 5.08. The van der Waals surface area contributed by atoms with E-state index in [2.05, 4.69) is 26.2 Å². The summed E-state index contributed by atoms with van der Waals surface area (Å²) < 4.78 is 44.0. The highest BCUT2D eigenvalue weighted by Crippen LogP contribution is 2.33. The number of pyridine rings is 1. The van der Waals surface area contributed by atoms with Crippen LogP contribution in [0.15, 0.2) is 34.8 Å². The molecule has 0 aliphatic heterocycles. The van der Waals surface area contributed by atoms with Crippen molar-refractivity contribution >= 4 is 33.3 Å². The second-order valence-corrected chi connectivity index (χ2v) is 4.99. The number of hydrogen-bond donors (Lipinski definition) is 2. The number of nitrogens with zero attached hydrogens (tertiary/aromatic N) is 1. The van der Waals surface area contributed by atoms with Crippen LogP contribution < -0.4 is 15.8 Å². The van der Waals surface area contributed by atoms with E-state index in [1.54, 1.807) is 18.2 Å². The molecule has 1 aromatic carbocycles. The number of hydrogen-bond acceptors (Lipinski definition) is 4. The lowest BCUT2D eigenvalue weighted by Gasteiger charge is -2.12. The van der Waals surface area contributed by atoms with Crippen molar-refractivity contribution < 1.29 is 17.9 Å². The molecule has 0 amide bonds. The molecule has 0 atom stereocenters. The van der Waals surface area contributed by atoms with E-state index < -0.39 is 11.7 Å². The van der Waals surface area contributed by atoms with Gasteiger partial charge >= 0.3 is 6.18 Å². The summed E-state index contributed by atoms with van der Waals surface area (Å²) >= 11 is 3.29. The van der Waals surface area contributed by atoms with Crippen LogP contribution in [0.2, 0.25) is 0 Å². The van der Waals surface area contributed by atoms with E-state index >= 15 is 0 Å². The third-order valence-corrected chi connectivity index (χ3v) is 3.25. The van der Waals surface area contributed by atoms with Gasteiger partial charge in [-0.3, -0.25) is 0 Å². The van der Waals surface area contributed by atoms with Gasteiger partial charge in [0.1, 0.15) is 17.4 Å². The van der Waals surface area contributed by atoms with Crippen molar-refractivity contribution in [2.45, 2.75) is 6.18 Å². The fourth-order valence-electron chi connectivity index (χ4n) is 1.67.